The maximum Gasteiger partial charge on any atom is 0.336 e. The number of rotatable bonds is 3. The summed E-state index contributed by atoms with van der Waals surface area (Å²) in [5.41, 5.74) is 0.668. The SMILES string of the molecule is CCNCc1c(O)ccc2ccc(=O)oc12. The summed E-state index contributed by atoms with van der Waals surface area (Å²) in [5.74, 6) is 0.141. The molecule has 2 N–H and O–H groups in total. The number of benzene rings is 1. The Morgan fingerprint density at radius 1 is 1.31 bits per heavy atom. The van der Waals surface area contributed by atoms with Gasteiger partial charge in [0.25, 0.3) is 0 Å². The van der Waals surface area contributed by atoms with Crippen LogP contribution in [0.3, 0.4) is 0 Å². The lowest BCUT2D eigenvalue weighted by Gasteiger charge is -2.07. The standard InChI is InChI=1S/C12H13NO3/c1-2-13-7-9-10(14)5-3-8-4-6-11(15)16-12(8)9/h3-6,13-14H,2,7H2,1H3. The molecule has 0 radical (unpaired) electrons. The van der Waals surface area contributed by atoms with E-state index in [2.05, 4.69) is 5.32 Å². The molecule has 0 saturated heterocycles. The zero-order valence-electron chi connectivity index (χ0n) is 8.99. The van der Waals surface area contributed by atoms with Crippen molar-refractivity contribution in [2.24, 2.45) is 0 Å². The molecule has 1 aromatic carbocycles. The van der Waals surface area contributed by atoms with Gasteiger partial charge in [0.15, 0.2) is 0 Å². The number of fused-ring (bicyclic) bond motifs is 1. The van der Waals surface area contributed by atoms with Gasteiger partial charge in [0.1, 0.15) is 11.3 Å². The van der Waals surface area contributed by atoms with E-state index in [1.165, 1.54) is 6.07 Å². The van der Waals surface area contributed by atoms with Gasteiger partial charge in [-0.2, -0.15) is 0 Å². The Balaban J connectivity index is 2.62. The number of phenolic OH excluding ortho intramolecular Hbond substituents is 1. The van der Waals surface area contributed by atoms with Crippen LogP contribution < -0.4 is 10.9 Å². The summed E-state index contributed by atoms with van der Waals surface area (Å²) in [5, 5.41) is 13.6. The number of hydrogen-bond donors (Lipinski definition) is 2. The van der Waals surface area contributed by atoms with Gasteiger partial charge < -0.3 is 14.8 Å². The van der Waals surface area contributed by atoms with Crippen molar-refractivity contribution >= 4 is 11.0 Å². The predicted octanol–water partition coefficient (Wildman–Crippen LogP) is 1.61. The lowest BCUT2D eigenvalue weighted by atomic mass is 10.1. The Morgan fingerprint density at radius 2 is 2.06 bits per heavy atom. The van der Waals surface area contributed by atoms with Gasteiger partial charge in [0, 0.05) is 18.0 Å². The van der Waals surface area contributed by atoms with E-state index in [0.717, 1.165) is 11.9 Å². The molecule has 1 aromatic heterocycles. The van der Waals surface area contributed by atoms with Gasteiger partial charge >= 0.3 is 5.63 Å². The quantitative estimate of drug-likeness (QED) is 0.770. The summed E-state index contributed by atoms with van der Waals surface area (Å²) < 4.78 is 5.12. The molecule has 16 heavy (non-hydrogen) atoms. The Bertz CT molecular complexity index is 560. The molecule has 0 unspecified atom stereocenters. The zero-order valence-corrected chi connectivity index (χ0v) is 8.99. The van der Waals surface area contributed by atoms with E-state index in [9.17, 15) is 9.90 Å². The van der Waals surface area contributed by atoms with Gasteiger partial charge in [0.2, 0.25) is 0 Å². The first-order valence-corrected chi connectivity index (χ1v) is 5.18. The highest BCUT2D eigenvalue weighted by Crippen LogP contribution is 2.25. The van der Waals surface area contributed by atoms with Crippen LogP contribution >= 0.6 is 0 Å². The van der Waals surface area contributed by atoms with Crippen molar-refractivity contribution in [3.05, 3.63) is 40.2 Å². The number of phenols is 1. The second-order valence-corrected chi connectivity index (χ2v) is 3.52. The van der Waals surface area contributed by atoms with Crippen molar-refractivity contribution in [2.75, 3.05) is 6.54 Å². The summed E-state index contributed by atoms with van der Waals surface area (Å²) in [7, 11) is 0. The number of hydrogen-bond acceptors (Lipinski definition) is 4. The largest absolute Gasteiger partial charge is 0.507 e. The molecule has 0 spiro atoms. The summed E-state index contributed by atoms with van der Waals surface area (Å²) >= 11 is 0. The highest BCUT2D eigenvalue weighted by molar-refractivity contribution is 5.81. The molecule has 1 heterocycles. The molecule has 0 aliphatic carbocycles. The molecule has 0 aliphatic heterocycles. The van der Waals surface area contributed by atoms with Crippen LogP contribution in [0.4, 0.5) is 0 Å². The second kappa shape index (κ2) is 4.37. The minimum atomic E-state index is -0.407. The van der Waals surface area contributed by atoms with Gasteiger partial charge in [-0.15, -0.1) is 0 Å². The van der Waals surface area contributed by atoms with Crippen molar-refractivity contribution in [1.82, 2.24) is 5.32 Å². The molecular weight excluding hydrogens is 206 g/mol. The van der Waals surface area contributed by atoms with Crippen LogP contribution in [-0.4, -0.2) is 11.7 Å². The highest BCUT2D eigenvalue weighted by Gasteiger charge is 2.08. The molecule has 2 aromatic rings. The fourth-order valence-corrected chi connectivity index (χ4v) is 1.60. The minimum Gasteiger partial charge on any atom is -0.507 e. The van der Waals surface area contributed by atoms with E-state index >= 15 is 0 Å². The molecule has 84 valence electrons. The van der Waals surface area contributed by atoms with Gasteiger partial charge in [0.05, 0.1) is 5.56 Å². The number of aromatic hydroxyl groups is 1. The maximum absolute atomic E-state index is 11.2. The molecule has 0 amide bonds. The summed E-state index contributed by atoms with van der Waals surface area (Å²) in [4.78, 5) is 11.2. The van der Waals surface area contributed by atoms with Crippen LogP contribution in [0.5, 0.6) is 5.75 Å². The van der Waals surface area contributed by atoms with Gasteiger partial charge in [-0.05, 0) is 24.7 Å². The van der Waals surface area contributed by atoms with Gasteiger partial charge in [-0.1, -0.05) is 6.92 Å². The van der Waals surface area contributed by atoms with Crippen LogP contribution in [0.1, 0.15) is 12.5 Å². The number of nitrogens with one attached hydrogen (secondary N) is 1. The Labute approximate surface area is 92.5 Å². The highest BCUT2D eigenvalue weighted by atomic mass is 16.4. The molecule has 4 nitrogen and oxygen atoms in total. The van der Waals surface area contributed by atoms with E-state index in [4.69, 9.17) is 4.42 Å². The molecule has 0 aliphatic rings. The minimum absolute atomic E-state index is 0.141. The van der Waals surface area contributed by atoms with E-state index < -0.39 is 5.63 Å². The van der Waals surface area contributed by atoms with E-state index in [1.54, 1.807) is 18.2 Å². The third-order valence-corrected chi connectivity index (χ3v) is 2.42. The summed E-state index contributed by atoms with van der Waals surface area (Å²) in [6.07, 6.45) is 0. The van der Waals surface area contributed by atoms with Crippen LogP contribution in [0.2, 0.25) is 0 Å². The third kappa shape index (κ3) is 1.92. The van der Waals surface area contributed by atoms with Crippen LogP contribution in [0.15, 0.2) is 33.5 Å². The lowest BCUT2D eigenvalue weighted by Crippen LogP contribution is -2.12. The van der Waals surface area contributed by atoms with Crippen molar-refractivity contribution in [3.8, 4) is 5.75 Å². The average molecular weight is 219 g/mol. The van der Waals surface area contributed by atoms with Crippen LogP contribution in [-0.2, 0) is 6.54 Å². The van der Waals surface area contributed by atoms with Gasteiger partial charge in [-0.3, -0.25) is 0 Å². The first kappa shape index (κ1) is 10.7. The molecule has 0 saturated carbocycles. The van der Waals surface area contributed by atoms with Crippen LogP contribution in [0.25, 0.3) is 11.0 Å². The monoisotopic (exact) mass is 219 g/mol. The molecule has 0 bridgehead atoms. The molecule has 0 fully saturated rings. The summed E-state index contributed by atoms with van der Waals surface area (Å²) in [6.45, 7) is 3.23. The molecule has 4 heteroatoms. The molecular formula is C12H13NO3. The zero-order chi connectivity index (χ0) is 11.5. The van der Waals surface area contributed by atoms with Crippen molar-refractivity contribution in [3.63, 3.8) is 0 Å². The Morgan fingerprint density at radius 3 is 2.81 bits per heavy atom. The molecule has 0 atom stereocenters. The normalized spacial score (nSPS) is 10.8. The fourth-order valence-electron chi connectivity index (χ4n) is 1.60. The third-order valence-electron chi connectivity index (χ3n) is 2.42. The predicted molar refractivity (Wildman–Crippen MR) is 61.5 cm³/mol. The van der Waals surface area contributed by atoms with E-state index in [0.29, 0.717) is 17.7 Å². The first-order chi connectivity index (χ1) is 7.72. The topological polar surface area (TPSA) is 62.5 Å². The Hall–Kier alpha value is -1.81. The van der Waals surface area contributed by atoms with Crippen molar-refractivity contribution in [2.45, 2.75) is 13.5 Å². The van der Waals surface area contributed by atoms with Crippen LogP contribution in [0, 0.1) is 0 Å². The lowest BCUT2D eigenvalue weighted by molar-refractivity contribution is 0.461. The Kier molecular flexibility index (Phi) is 2.92. The second-order valence-electron chi connectivity index (χ2n) is 3.52. The molecule has 2 rings (SSSR count). The van der Waals surface area contributed by atoms with Crippen molar-refractivity contribution in [1.29, 1.82) is 0 Å². The van der Waals surface area contributed by atoms with Crippen molar-refractivity contribution < 1.29 is 9.52 Å². The van der Waals surface area contributed by atoms with Gasteiger partial charge in [-0.25, -0.2) is 4.79 Å². The summed E-state index contributed by atoms with van der Waals surface area (Å²) in [6, 6.07) is 6.39. The smallest absolute Gasteiger partial charge is 0.336 e. The first-order valence-electron chi connectivity index (χ1n) is 5.18. The maximum atomic E-state index is 11.2. The van der Waals surface area contributed by atoms with E-state index in [1.807, 2.05) is 6.92 Å². The fraction of sp³-hybridized carbons (Fsp3) is 0.250. The van der Waals surface area contributed by atoms with E-state index in [-0.39, 0.29) is 5.75 Å². The average Bonchev–Trinajstić information content (AvgIpc) is 2.28.